The minimum Gasteiger partial charge on any atom is -0.478 e. The third-order valence-electron chi connectivity index (χ3n) is 3.86. The number of para-hydroxylation sites is 1. The van der Waals surface area contributed by atoms with Crippen molar-refractivity contribution < 1.29 is 19.1 Å². The topological polar surface area (TPSA) is 64.6 Å². The second kappa shape index (κ2) is 7.10. The molecule has 5 nitrogen and oxygen atoms in total. The number of anilines is 1. The molecule has 0 bridgehead atoms. The highest BCUT2D eigenvalue weighted by molar-refractivity contribution is 6.02. The van der Waals surface area contributed by atoms with Crippen molar-refractivity contribution in [3.8, 4) is 18.1 Å². The van der Waals surface area contributed by atoms with Crippen LogP contribution < -0.4 is 10.1 Å². The number of nitrogens with one attached hydrogen (secondary N) is 1. The zero-order valence-electron chi connectivity index (χ0n) is 13.7. The van der Waals surface area contributed by atoms with Crippen molar-refractivity contribution in [2.45, 2.75) is 25.6 Å². The summed E-state index contributed by atoms with van der Waals surface area (Å²) in [5.74, 6) is 1.95. The lowest BCUT2D eigenvalue weighted by molar-refractivity contribution is -0.122. The monoisotopic (exact) mass is 335 g/mol. The van der Waals surface area contributed by atoms with Crippen molar-refractivity contribution in [1.29, 1.82) is 0 Å². The van der Waals surface area contributed by atoms with Gasteiger partial charge in [0.15, 0.2) is 18.0 Å². The van der Waals surface area contributed by atoms with Gasteiger partial charge in [0.05, 0.1) is 5.69 Å². The van der Waals surface area contributed by atoms with Gasteiger partial charge in [0, 0.05) is 6.42 Å². The van der Waals surface area contributed by atoms with Crippen LogP contribution in [-0.4, -0.2) is 24.1 Å². The summed E-state index contributed by atoms with van der Waals surface area (Å²) in [7, 11) is 0. The SMILES string of the molecule is C#C[C@@H](Cc1ccccc1)OC(=O)c1cccc2c1O[C@H](C)C(=O)N2. The first-order chi connectivity index (χ1) is 12.1. The molecule has 1 N–H and O–H groups in total. The highest BCUT2D eigenvalue weighted by Crippen LogP contribution is 2.33. The van der Waals surface area contributed by atoms with Gasteiger partial charge in [0.25, 0.3) is 5.91 Å². The lowest BCUT2D eigenvalue weighted by Crippen LogP contribution is -2.35. The average molecular weight is 335 g/mol. The Kier molecular flexibility index (Phi) is 4.71. The molecule has 1 aliphatic heterocycles. The summed E-state index contributed by atoms with van der Waals surface area (Å²) in [5, 5.41) is 2.70. The van der Waals surface area contributed by atoms with E-state index < -0.39 is 18.2 Å². The minimum absolute atomic E-state index is 0.234. The normalized spacial score (nSPS) is 16.6. The molecule has 126 valence electrons. The Morgan fingerprint density at radius 2 is 2.04 bits per heavy atom. The Bertz CT molecular complexity index is 839. The van der Waals surface area contributed by atoms with Crippen LogP contribution >= 0.6 is 0 Å². The lowest BCUT2D eigenvalue weighted by Gasteiger charge is -2.25. The van der Waals surface area contributed by atoms with Gasteiger partial charge in [-0.05, 0) is 24.6 Å². The zero-order valence-corrected chi connectivity index (χ0v) is 13.7. The number of benzene rings is 2. The molecular weight excluding hydrogens is 318 g/mol. The van der Waals surface area contributed by atoms with Crippen LogP contribution in [0.3, 0.4) is 0 Å². The summed E-state index contributed by atoms with van der Waals surface area (Å²) >= 11 is 0. The Labute approximate surface area is 146 Å². The number of esters is 1. The van der Waals surface area contributed by atoms with E-state index in [9.17, 15) is 9.59 Å². The van der Waals surface area contributed by atoms with E-state index in [1.807, 2.05) is 30.3 Å². The van der Waals surface area contributed by atoms with Crippen molar-refractivity contribution in [3.05, 3.63) is 59.7 Å². The number of ether oxygens (including phenoxy) is 2. The molecule has 0 fully saturated rings. The number of carbonyl (C=O) groups excluding carboxylic acids is 2. The van der Waals surface area contributed by atoms with E-state index in [0.717, 1.165) is 5.56 Å². The van der Waals surface area contributed by atoms with Crippen molar-refractivity contribution in [1.82, 2.24) is 0 Å². The van der Waals surface area contributed by atoms with E-state index >= 15 is 0 Å². The molecule has 0 aromatic heterocycles. The van der Waals surface area contributed by atoms with Gasteiger partial charge in [0.1, 0.15) is 5.56 Å². The van der Waals surface area contributed by atoms with Crippen LogP contribution in [0.15, 0.2) is 48.5 Å². The van der Waals surface area contributed by atoms with Crippen molar-refractivity contribution in [2.75, 3.05) is 5.32 Å². The second-order valence-electron chi connectivity index (χ2n) is 5.68. The molecule has 0 aliphatic carbocycles. The first kappa shape index (κ1) is 16.6. The number of rotatable bonds is 4. The molecule has 2 atom stereocenters. The summed E-state index contributed by atoms with van der Waals surface area (Å²) in [6, 6.07) is 14.4. The molecule has 1 amide bonds. The van der Waals surface area contributed by atoms with Crippen LogP contribution in [-0.2, 0) is 16.0 Å². The van der Waals surface area contributed by atoms with Crippen molar-refractivity contribution >= 4 is 17.6 Å². The molecule has 3 rings (SSSR count). The zero-order chi connectivity index (χ0) is 17.8. The Morgan fingerprint density at radius 3 is 2.76 bits per heavy atom. The van der Waals surface area contributed by atoms with Gasteiger partial charge < -0.3 is 14.8 Å². The fourth-order valence-corrected chi connectivity index (χ4v) is 2.54. The minimum atomic E-state index is -0.693. The van der Waals surface area contributed by atoms with E-state index in [1.165, 1.54) is 0 Å². The van der Waals surface area contributed by atoms with E-state index in [0.29, 0.717) is 17.9 Å². The maximum Gasteiger partial charge on any atom is 0.343 e. The summed E-state index contributed by atoms with van der Waals surface area (Å²) in [5.41, 5.74) is 1.65. The summed E-state index contributed by atoms with van der Waals surface area (Å²) < 4.78 is 11.0. The van der Waals surface area contributed by atoms with E-state index in [4.69, 9.17) is 15.9 Å². The third-order valence-corrected chi connectivity index (χ3v) is 3.86. The van der Waals surface area contributed by atoms with Gasteiger partial charge in [-0.2, -0.15) is 0 Å². The molecule has 2 aromatic rings. The lowest BCUT2D eigenvalue weighted by atomic mass is 10.1. The number of hydrogen-bond donors (Lipinski definition) is 1. The number of fused-ring (bicyclic) bond motifs is 1. The molecule has 0 spiro atoms. The highest BCUT2D eigenvalue weighted by Gasteiger charge is 2.28. The highest BCUT2D eigenvalue weighted by atomic mass is 16.5. The second-order valence-corrected chi connectivity index (χ2v) is 5.68. The van der Waals surface area contributed by atoms with Gasteiger partial charge >= 0.3 is 5.97 Å². The molecule has 1 aliphatic rings. The van der Waals surface area contributed by atoms with Gasteiger partial charge in [-0.15, -0.1) is 6.42 Å². The molecule has 0 saturated heterocycles. The van der Waals surface area contributed by atoms with Crippen LogP contribution in [0.25, 0.3) is 0 Å². The van der Waals surface area contributed by atoms with Crippen LogP contribution in [0, 0.1) is 12.3 Å². The molecule has 5 heteroatoms. The molecule has 1 heterocycles. The van der Waals surface area contributed by atoms with Crippen LogP contribution in [0.4, 0.5) is 5.69 Å². The fourth-order valence-electron chi connectivity index (χ4n) is 2.54. The third kappa shape index (κ3) is 3.64. The molecule has 0 unspecified atom stereocenters. The fraction of sp³-hybridized carbons (Fsp3) is 0.200. The number of terminal acetylenes is 1. The van der Waals surface area contributed by atoms with Gasteiger partial charge in [-0.3, -0.25) is 4.79 Å². The van der Waals surface area contributed by atoms with Gasteiger partial charge in [-0.25, -0.2) is 4.79 Å². The summed E-state index contributed by atoms with van der Waals surface area (Å²) in [4.78, 5) is 24.2. The quantitative estimate of drug-likeness (QED) is 0.689. The predicted molar refractivity (Wildman–Crippen MR) is 93.3 cm³/mol. The first-order valence-corrected chi connectivity index (χ1v) is 7.90. The van der Waals surface area contributed by atoms with Crippen molar-refractivity contribution in [2.24, 2.45) is 0 Å². The standard InChI is InChI=1S/C20H17NO4/c1-3-15(12-14-8-5-4-6-9-14)25-20(23)16-10-7-11-17-18(16)24-13(2)19(22)21-17/h1,4-11,13,15H,12H2,2H3,(H,21,22)/t13-,15+/m1/s1. The van der Waals surface area contributed by atoms with Crippen LogP contribution in [0.2, 0.25) is 0 Å². The Morgan fingerprint density at radius 1 is 1.28 bits per heavy atom. The van der Waals surface area contributed by atoms with Crippen LogP contribution in [0.1, 0.15) is 22.8 Å². The predicted octanol–water partition coefficient (Wildman–Crippen LogP) is 2.81. The smallest absolute Gasteiger partial charge is 0.343 e. The van der Waals surface area contributed by atoms with E-state index in [1.54, 1.807) is 25.1 Å². The van der Waals surface area contributed by atoms with Gasteiger partial charge in [-0.1, -0.05) is 42.3 Å². The molecular formula is C20H17NO4. The number of amides is 1. The van der Waals surface area contributed by atoms with E-state index in [2.05, 4.69) is 11.2 Å². The summed E-state index contributed by atoms with van der Waals surface area (Å²) in [6.07, 6.45) is 4.55. The van der Waals surface area contributed by atoms with Crippen molar-refractivity contribution in [3.63, 3.8) is 0 Å². The number of carbonyl (C=O) groups is 2. The largest absolute Gasteiger partial charge is 0.478 e. The maximum absolute atomic E-state index is 12.6. The van der Waals surface area contributed by atoms with E-state index in [-0.39, 0.29) is 11.5 Å². The summed E-state index contributed by atoms with van der Waals surface area (Å²) in [6.45, 7) is 1.61. The average Bonchev–Trinajstić information content (AvgIpc) is 2.62. The maximum atomic E-state index is 12.6. The Balaban J connectivity index is 1.78. The number of hydrogen-bond acceptors (Lipinski definition) is 4. The van der Waals surface area contributed by atoms with Crippen LogP contribution in [0.5, 0.6) is 5.75 Å². The molecule has 0 saturated carbocycles. The first-order valence-electron chi connectivity index (χ1n) is 7.90. The van der Waals surface area contributed by atoms with Gasteiger partial charge in [0.2, 0.25) is 0 Å². The molecule has 25 heavy (non-hydrogen) atoms. The molecule has 2 aromatic carbocycles. The Hall–Kier alpha value is -3.26. The molecule has 0 radical (unpaired) electrons.